The maximum Gasteiger partial charge on any atom is 0.159 e. The molecule has 1 N–H and O–H groups in total. The molecule has 0 aliphatic carbocycles. The lowest BCUT2D eigenvalue weighted by atomic mass is 10.0. The summed E-state index contributed by atoms with van der Waals surface area (Å²) < 4.78 is 0. The lowest BCUT2D eigenvalue weighted by molar-refractivity contribution is 0.617. The molecule has 1 aromatic heterocycles. The van der Waals surface area contributed by atoms with Crippen LogP contribution in [0, 0.1) is 6.92 Å². The molecule has 3 heteroatoms. The van der Waals surface area contributed by atoms with E-state index in [0.29, 0.717) is 0 Å². The van der Waals surface area contributed by atoms with Crippen LogP contribution in [0.4, 0.5) is 0 Å². The zero-order valence-corrected chi connectivity index (χ0v) is 11.5. The molecule has 0 bridgehead atoms. The van der Waals surface area contributed by atoms with Crippen molar-refractivity contribution < 1.29 is 0 Å². The van der Waals surface area contributed by atoms with Crippen LogP contribution in [0.1, 0.15) is 29.4 Å². The Morgan fingerprint density at radius 2 is 2.05 bits per heavy atom. The first-order chi connectivity index (χ1) is 9.29. The van der Waals surface area contributed by atoms with Gasteiger partial charge in [-0.15, -0.1) is 0 Å². The fourth-order valence-electron chi connectivity index (χ4n) is 2.67. The maximum atomic E-state index is 4.80. The first kappa shape index (κ1) is 12.3. The topological polar surface area (TPSA) is 37.8 Å². The van der Waals surface area contributed by atoms with E-state index in [4.69, 9.17) is 9.97 Å². The average Bonchev–Trinajstić information content (AvgIpc) is 2.46. The Morgan fingerprint density at radius 1 is 1.21 bits per heavy atom. The third-order valence-corrected chi connectivity index (χ3v) is 3.74. The van der Waals surface area contributed by atoms with Crippen LogP contribution in [0.2, 0.25) is 0 Å². The highest BCUT2D eigenvalue weighted by Crippen LogP contribution is 2.24. The van der Waals surface area contributed by atoms with Gasteiger partial charge in [-0.2, -0.15) is 0 Å². The molecule has 0 spiro atoms. The molecule has 2 heterocycles. The monoisotopic (exact) mass is 253 g/mol. The Bertz CT molecular complexity index is 588. The second-order valence-corrected chi connectivity index (χ2v) is 5.01. The van der Waals surface area contributed by atoms with Crippen LogP contribution in [0.5, 0.6) is 0 Å². The van der Waals surface area contributed by atoms with Gasteiger partial charge in [-0.25, -0.2) is 9.97 Å². The van der Waals surface area contributed by atoms with E-state index in [0.717, 1.165) is 37.3 Å². The van der Waals surface area contributed by atoms with Crippen molar-refractivity contribution in [3.05, 3.63) is 46.8 Å². The molecule has 0 fully saturated rings. The molecule has 0 saturated heterocycles. The number of fused-ring (bicyclic) bond motifs is 1. The predicted octanol–water partition coefficient (Wildman–Crippen LogP) is 2.66. The van der Waals surface area contributed by atoms with Crippen LogP contribution < -0.4 is 5.32 Å². The van der Waals surface area contributed by atoms with Gasteiger partial charge in [0, 0.05) is 17.8 Å². The standard InChI is InChI=1S/C16H19N3/c1-3-14-13-8-9-17-10-15(13)19-16(18-14)12-7-5-4-6-11(12)2/h4-7,17H,3,8-10H2,1-2H3. The zero-order valence-electron chi connectivity index (χ0n) is 11.5. The number of nitrogens with zero attached hydrogens (tertiary/aromatic N) is 2. The zero-order chi connectivity index (χ0) is 13.2. The van der Waals surface area contributed by atoms with E-state index >= 15 is 0 Å². The van der Waals surface area contributed by atoms with Gasteiger partial charge in [0.05, 0.1) is 5.69 Å². The summed E-state index contributed by atoms with van der Waals surface area (Å²) >= 11 is 0. The van der Waals surface area contributed by atoms with E-state index in [1.165, 1.54) is 22.5 Å². The molecule has 0 atom stereocenters. The number of benzene rings is 1. The summed E-state index contributed by atoms with van der Waals surface area (Å²) in [4.78, 5) is 9.58. The largest absolute Gasteiger partial charge is 0.311 e. The Labute approximate surface area is 114 Å². The second kappa shape index (κ2) is 5.10. The van der Waals surface area contributed by atoms with Gasteiger partial charge >= 0.3 is 0 Å². The van der Waals surface area contributed by atoms with E-state index < -0.39 is 0 Å². The van der Waals surface area contributed by atoms with Crippen LogP contribution in [0.25, 0.3) is 11.4 Å². The third-order valence-electron chi connectivity index (χ3n) is 3.74. The van der Waals surface area contributed by atoms with Crippen molar-refractivity contribution in [1.82, 2.24) is 15.3 Å². The van der Waals surface area contributed by atoms with Crippen molar-refractivity contribution in [1.29, 1.82) is 0 Å². The first-order valence-corrected chi connectivity index (χ1v) is 6.95. The van der Waals surface area contributed by atoms with Gasteiger partial charge in [-0.05, 0) is 37.4 Å². The molecule has 0 radical (unpaired) electrons. The summed E-state index contributed by atoms with van der Waals surface area (Å²) in [6.07, 6.45) is 2.02. The predicted molar refractivity (Wildman–Crippen MR) is 77.0 cm³/mol. The number of aryl methyl sites for hydroxylation is 2. The van der Waals surface area contributed by atoms with Crippen LogP contribution in [0.15, 0.2) is 24.3 Å². The lowest BCUT2D eigenvalue weighted by Crippen LogP contribution is -2.26. The quantitative estimate of drug-likeness (QED) is 0.894. The van der Waals surface area contributed by atoms with Gasteiger partial charge < -0.3 is 5.32 Å². The van der Waals surface area contributed by atoms with Crippen molar-refractivity contribution in [2.24, 2.45) is 0 Å². The number of hydrogen-bond acceptors (Lipinski definition) is 3. The molecule has 1 aliphatic heterocycles. The number of hydrogen-bond donors (Lipinski definition) is 1. The smallest absolute Gasteiger partial charge is 0.159 e. The van der Waals surface area contributed by atoms with Gasteiger partial charge in [0.25, 0.3) is 0 Å². The summed E-state index contributed by atoms with van der Waals surface area (Å²) in [6.45, 7) is 6.19. The van der Waals surface area contributed by atoms with Gasteiger partial charge in [-0.1, -0.05) is 31.2 Å². The highest BCUT2D eigenvalue weighted by atomic mass is 15.0. The van der Waals surface area contributed by atoms with Crippen LogP contribution in [0.3, 0.4) is 0 Å². The third kappa shape index (κ3) is 2.26. The first-order valence-electron chi connectivity index (χ1n) is 6.95. The molecule has 1 aromatic carbocycles. The summed E-state index contributed by atoms with van der Waals surface area (Å²) in [6, 6.07) is 8.32. The van der Waals surface area contributed by atoms with Gasteiger partial charge in [0.2, 0.25) is 0 Å². The molecule has 3 rings (SSSR count). The minimum atomic E-state index is 0.865. The summed E-state index contributed by atoms with van der Waals surface area (Å²) in [5.41, 5.74) is 6.12. The molecule has 3 nitrogen and oxygen atoms in total. The minimum Gasteiger partial charge on any atom is -0.311 e. The van der Waals surface area contributed by atoms with Gasteiger partial charge in [-0.3, -0.25) is 0 Å². The van der Waals surface area contributed by atoms with E-state index in [1.54, 1.807) is 0 Å². The molecule has 19 heavy (non-hydrogen) atoms. The van der Waals surface area contributed by atoms with Crippen LogP contribution >= 0.6 is 0 Å². The van der Waals surface area contributed by atoms with Crippen molar-refractivity contribution in [3.8, 4) is 11.4 Å². The van der Waals surface area contributed by atoms with E-state index in [-0.39, 0.29) is 0 Å². The van der Waals surface area contributed by atoms with Crippen molar-refractivity contribution in [2.45, 2.75) is 33.2 Å². The lowest BCUT2D eigenvalue weighted by Gasteiger charge is -2.20. The van der Waals surface area contributed by atoms with Crippen molar-refractivity contribution >= 4 is 0 Å². The number of aromatic nitrogens is 2. The van der Waals surface area contributed by atoms with Gasteiger partial charge in [0.1, 0.15) is 0 Å². The molecular formula is C16H19N3. The van der Waals surface area contributed by atoms with E-state index in [9.17, 15) is 0 Å². The molecule has 0 saturated carbocycles. The van der Waals surface area contributed by atoms with E-state index in [2.05, 4.69) is 43.4 Å². The fraction of sp³-hybridized carbons (Fsp3) is 0.375. The molecular weight excluding hydrogens is 234 g/mol. The molecule has 0 unspecified atom stereocenters. The Hall–Kier alpha value is -1.74. The molecule has 2 aromatic rings. The normalized spacial score (nSPS) is 14.2. The van der Waals surface area contributed by atoms with Crippen LogP contribution in [-0.4, -0.2) is 16.5 Å². The minimum absolute atomic E-state index is 0.865. The maximum absolute atomic E-state index is 4.80. The average molecular weight is 253 g/mol. The SMILES string of the molecule is CCc1nc(-c2ccccc2C)nc2c1CCNC2. The summed E-state index contributed by atoms with van der Waals surface area (Å²) in [7, 11) is 0. The number of nitrogens with one attached hydrogen (secondary N) is 1. The molecule has 0 amide bonds. The number of rotatable bonds is 2. The van der Waals surface area contributed by atoms with Crippen molar-refractivity contribution in [2.75, 3.05) is 6.54 Å². The summed E-state index contributed by atoms with van der Waals surface area (Å²) in [5.74, 6) is 0.873. The van der Waals surface area contributed by atoms with E-state index in [1.807, 2.05) is 0 Å². The Balaban J connectivity index is 2.15. The highest BCUT2D eigenvalue weighted by Gasteiger charge is 2.17. The Morgan fingerprint density at radius 3 is 2.84 bits per heavy atom. The Kier molecular flexibility index (Phi) is 3.30. The van der Waals surface area contributed by atoms with Gasteiger partial charge in [0.15, 0.2) is 5.82 Å². The molecule has 98 valence electrons. The molecule has 1 aliphatic rings. The highest BCUT2D eigenvalue weighted by molar-refractivity contribution is 5.60. The van der Waals surface area contributed by atoms with Crippen molar-refractivity contribution in [3.63, 3.8) is 0 Å². The fourth-order valence-corrected chi connectivity index (χ4v) is 2.67. The summed E-state index contributed by atoms with van der Waals surface area (Å²) in [5, 5.41) is 3.40. The second-order valence-electron chi connectivity index (χ2n) is 5.01. The van der Waals surface area contributed by atoms with Crippen LogP contribution in [-0.2, 0) is 19.4 Å².